The highest BCUT2D eigenvalue weighted by molar-refractivity contribution is 7.89. The standard InChI is InChI=1S/C17H17N5O4S/c1-11-7-14(22-17(18)21-11)10-20-27(24,25)15-4-2-3-13(8-15)19-9-12-5-6-26-16(12)23/h2-9,20,23H,10H2,1H3,(H2,18,21,22). The average molecular weight is 387 g/mol. The molecule has 0 atom stereocenters. The van der Waals surface area contributed by atoms with Crippen LogP contribution in [0.25, 0.3) is 0 Å². The molecule has 2 aromatic heterocycles. The topological polar surface area (TPSA) is 144 Å². The number of aryl methyl sites for hydroxylation is 1. The van der Waals surface area contributed by atoms with Gasteiger partial charge in [0.2, 0.25) is 16.0 Å². The number of hydrogen-bond donors (Lipinski definition) is 3. The lowest BCUT2D eigenvalue weighted by Gasteiger charge is -2.08. The number of sulfonamides is 1. The zero-order valence-corrected chi connectivity index (χ0v) is 15.1. The molecule has 9 nitrogen and oxygen atoms in total. The van der Waals surface area contributed by atoms with Crippen molar-refractivity contribution in [1.82, 2.24) is 14.7 Å². The van der Waals surface area contributed by atoms with Crippen LogP contribution in [0.5, 0.6) is 5.95 Å². The summed E-state index contributed by atoms with van der Waals surface area (Å²) in [6.45, 7) is 1.72. The Morgan fingerprint density at radius 3 is 2.81 bits per heavy atom. The van der Waals surface area contributed by atoms with Crippen LogP contribution in [0.2, 0.25) is 0 Å². The van der Waals surface area contributed by atoms with E-state index < -0.39 is 10.0 Å². The molecule has 0 radical (unpaired) electrons. The van der Waals surface area contributed by atoms with E-state index in [0.29, 0.717) is 22.6 Å². The van der Waals surface area contributed by atoms with E-state index in [9.17, 15) is 13.5 Å². The average Bonchev–Trinajstić information content (AvgIpc) is 3.03. The molecule has 0 saturated carbocycles. The van der Waals surface area contributed by atoms with E-state index in [1.54, 1.807) is 25.1 Å². The van der Waals surface area contributed by atoms with Crippen LogP contribution < -0.4 is 10.5 Å². The number of nitrogens with one attached hydrogen (secondary N) is 1. The molecule has 0 amide bonds. The highest BCUT2D eigenvalue weighted by Crippen LogP contribution is 2.20. The van der Waals surface area contributed by atoms with Gasteiger partial charge in [0.25, 0.3) is 5.95 Å². The third-order valence-corrected chi connectivity index (χ3v) is 4.92. The summed E-state index contributed by atoms with van der Waals surface area (Å²) in [5, 5.41) is 9.45. The predicted octanol–water partition coefficient (Wildman–Crippen LogP) is 1.89. The number of benzene rings is 1. The summed E-state index contributed by atoms with van der Waals surface area (Å²) in [6, 6.07) is 9.27. The van der Waals surface area contributed by atoms with Crippen LogP contribution in [0, 0.1) is 6.92 Å². The monoisotopic (exact) mass is 387 g/mol. The smallest absolute Gasteiger partial charge is 0.290 e. The first-order valence-electron chi connectivity index (χ1n) is 7.84. The maximum absolute atomic E-state index is 12.5. The third-order valence-electron chi connectivity index (χ3n) is 3.52. The van der Waals surface area contributed by atoms with Crippen LogP contribution >= 0.6 is 0 Å². The van der Waals surface area contributed by atoms with Crippen molar-refractivity contribution in [3.8, 4) is 5.95 Å². The Morgan fingerprint density at radius 1 is 1.30 bits per heavy atom. The molecule has 0 fully saturated rings. The van der Waals surface area contributed by atoms with Gasteiger partial charge in [0.1, 0.15) is 0 Å². The van der Waals surface area contributed by atoms with E-state index in [1.807, 2.05) is 0 Å². The molecule has 0 aliphatic rings. The first kappa shape index (κ1) is 18.5. The van der Waals surface area contributed by atoms with Gasteiger partial charge in [-0.3, -0.25) is 4.99 Å². The van der Waals surface area contributed by atoms with E-state index in [1.165, 1.54) is 30.7 Å². The summed E-state index contributed by atoms with van der Waals surface area (Å²) in [6.07, 6.45) is 2.70. The SMILES string of the molecule is Cc1cc(CNS(=O)(=O)c2cccc(N=Cc3ccoc3O)c2)nc(N)n1. The molecule has 0 bridgehead atoms. The first-order chi connectivity index (χ1) is 12.8. The second-order valence-corrected chi connectivity index (χ2v) is 7.39. The molecule has 0 saturated heterocycles. The van der Waals surface area contributed by atoms with E-state index in [0.717, 1.165) is 0 Å². The van der Waals surface area contributed by atoms with Gasteiger partial charge in [-0.05, 0) is 37.3 Å². The van der Waals surface area contributed by atoms with Gasteiger partial charge in [-0.1, -0.05) is 6.07 Å². The number of nitrogens with two attached hydrogens (primary N) is 1. The number of furan rings is 1. The normalized spacial score (nSPS) is 11.9. The van der Waals surface area contributed by atoms with Gasteiger partial charge >= 0.3 is 0 Å². The Kier molecular flexibility index (Phi) is 5.19. The molecule has 1 aromatic carbocycles. The molecule has 0 aliphatic carbocycles. The summed E-state index contributed by atoms with van der Waals surface area (Å²) in [5.41, 5.74) is 7.48. The number of aliphatic imine (C=N–C) groups is 1. The Morgan fingerprint density at radius 2 is 2.11 bits per heavy atom. The molecular weight excluding hydrogens is 370 g/mol. The molecule has 4 N–H and O–H groups in total. The van der Waals surface area contributed by atoms with E-state index in [2.05, 4.69) is 19.7 Å². The molecule has 27 heavy (non-hydrogen) atoms. The van der Waals surface area contributed by atoms with Gasteiger partial charge < -0.3 is 15.3 Å². The molecule has 0 aliphatic heterocycles. The number of nitrogen functional groups attached to an aromatic ring is 1. The fourth-order valence-corrected chi connectivity index (χ4v) is 3.32. The minimum absolute atomic E-state index is 0.0215. The quantitative estimate of drug-likeness (QED) is 0.548. The lowest BCUT2D eigenvalue weighted by molar-refractivity contribution is 0.332. The highest BCUT2D eigenvalue weighted by Gasteiger charge is 2.15. The molecule has 140 valence electrons. The van der Waals surface area contributed by atoms with Crippen molar-refractivity contribution >= 4 is 27.9 Å². The van der Waals surface area contributed by atoms with Crippen LogP contribution in [0.1, 0.15) is 17.0 Å². The number of aromatic nitrogens is 2. The Balaban J connectivity index is 1.76. The number of anilines is 1. The molecule has 0 spiro atoms. The summed E-state index contributed by atoms with van der Waals surface area (Å²) in [7, 11) is -3.78. The molecule has 3 rings (SSSR count). The number of hydrogen-bond acceptors (Lipinski definition) is 8. The van der Waals surface area contributed by atoms with Crippen molar-refractivity contribution < 1.29 is 17.9 Å². The molecule has 10 heteroatoms. The summed E-state index contributed by atoms with van der Waals surface area (Å²) >= 11 is 0. The maximum atomic E-state index is 12.5. The zero-order valence-electron chi connectivity index (χ0n) is 14.3. The van der Waals surface area contributed by atoms with Gasteiger partial charge in [-0.2, -0.15) is 0 Å². The summed E-state index contributed by atoms with van der Waals surface area (Å²) in [4.78, 5) is 12.1. The van der Waals surface area contributed by atoms with Gasteiger partial charge in [0.05, 0.1) is 34.6 Å². The second-order valence-electron chi connectivity index (χ2n) is 5.62. The second kappa shape index (κ2) is 7.56. The molecule has 3 aromatic rings. The zero-order chi connectivity index (χ0) is 19.4. The predicted molar refractivity (Wildman–Crippen MR) is 99.3 cm³/mol. The lowest BCUT2D eigenvalue weighted by atomic mass is 10.3. The summed E-state index contributed by atoms with van der Waals surface area (Å²) in [5.74, 6) is -0.174. The van der Waals surface area contributed by atoms with Crippen molar-refractivity contribution in [2.75, 3.05) is 5.73 Å². The van der Waals surface area contributed by atoms with Crippen LogP contribution in [-0.4, -0.2) is 29.7 Å². The number of aromatic hydroxyl groups is 1. The Labute approximate surface area is 155 Å². The van der Waals surface area contributed by atoms with Gasteiger partial charge in [0, 0.05) is 11.9 Å². The molecule has 2 heterocycles. The van der Waals surface area contributed by atoms with Crippen LogP contribution in [0.4, 0.5) is 11.6 Å². The van der Waals surface area contributed by atoms with Crippen molar-refractivity contribution in [3.63, 3.8) is 0 Å². The maximum Gasteiger partial charge on any atom is 0.290 e. The first-order valence-corrected chi connectivity index (χ1v) is 9.32. The summed E-state index contributed by atoms with van der Waals surface area (Å²) < 4.78 is 32.3. The highest BCUT2D eigenvalue weighted by atomic mass is 32.2. The molecule has 0 unspecified atom stereocenters. The van der Waals surface area contributed by atoms with Crippen LogP contribution in [-0.2, 0) is 16.6 Å². The molecular formula is C17H17N5O4S. The van der Waals surface area contributed by atoms with E-state index in [-0.39, 0.29) is 23.3 Å². The van der Waals surface area contributed by atoms with E-state index >= 15 is 0 Å². The minimum atomic E-state index is -3.78. The van der Waals surface area contributed by atoms with E-state index in [4.69, 9.17) is 10.2 Å². The lowest BCUT2D eigenvalue weighted by Crippen LogP contribution is -2.24. The fraction of sp³-hybridized carbons (Fsp3) is 0.118. The van der Waals surface area contributed by atoms with Gasteiger partial charge in [-0.15, -0.1) is 0 Å². The van der Waals surface area contributed by atoms with Crippen molar-refractivity contribution in [3.05, 3.63) is 59.6 Å². The number of nitrogens with zero attached hydrogens (tertiary/aromatic N) is 3. The van der Waals surface area contributed by atoms with Crippen LogP contribution in [0.3, 0.4) is 0 Å². The van der Waals surface area contributed by atoms with Gasteiger partial charge in [0.15, 0.2) is 0 Å². The van der Waals surface area contributed by atoms with Crippen molar-refractivity contribution in [1.29, 1.82) is 0 Å². The van der Waals surface area contributed by atoms with Gasteiger partial charge in [-0.25, -0.2) is 23.1 Å². The number of rotatable bonds is 6. The Bertz CT molecular complexity index is 1070. The fourth-order valence-electron chi connectivity index (χ4n) is 2.29. The minimum Gasteiger partial charge on any atom is -0.480 e. The third kappa shape index (κ3) is 4.68. The van der Waals surface area contributed by atoms with Crippen molar-refractivity contribution in [2.24, 2.45) is 4.99 Å². The Hall–Kier alpha value is -3.24. The van der Waals surface area contributed by atoms with Crippen molar-refractivity contribution in [2.45, 2.75) is 18.4 Å². The van der Waals surface area contributed by atoms with Crippen LogP contribution in [0.15, 0.2) is 57.0 Å². The largest absolute Gasteiger partial charge is 0.480 e.